The molecule has 1 amide bonds. The molecule has 5 heteroatoms. The van der Waals surface area contributed by atoms with Crippen LogP contribution >= 0.6 is 0 Å². The Morgan fingerprint density at radius 2 is 1.79 bits per heavy atom. The van der Waals surface area contributed by atoms with Crippen molar-refractivity contribution in [3.63, 3.8) is 0 Å². The van der Waals surface area contributed by atoms with Gasteiger partial charge in [-0.25, -0.2) is 4.98 Å². The number of rotatable bonds is 8. The summed E-state index contributed by atoms with van der Waals surface area (Å²) in [5.41, 5.74) is 3.54. The summed E-state index contributed by atoms with van der Waals surface area (Å²) in [6, 6.07) is 21.8. The van der Waals surface area contributed by atoms with Crippen LogP contribution in [0.5, 0.6) is 5.75 Å². The van der Waals surface area contributed by atoms with Crippen LogP contribution < -0.4 is 15.4 Å². The molecule has 2 N–H and O–H groups in total. The lowest BCUT2D eigenvalue weighted by molar-refractivity contribution is 0.0949. The fourth-order valence-corrected chi connectivity index (χ4v) is 3.00. The van der Waals surface area contributed by atoms with E-state index >= 15 is 0 Å². The predicted molar refractivity (Wildman–Crippen MR) is 112 cm³/mol. The molecule has 0 bridgehead atoms. The molecule has 28 heavy (non-hydrogen) atoms. The normalized spacial score (nSPS) is 11.5. The van der Waals surface area contributed by atoms with Gasteiger partial charge in [0.25, 0.3) is 5.91 Å². The molecule has 1 unspecified atom stereocenters. The minimum Gasteiger partial charge on any atom is -0.496 e. The smallest absolute Gasteiger partial charge is 0.269 e. The number of nitrogens with zero attached hydrogens (tertiary/aromatic N) is 1. The van der Waals surface area contributed by atoms with E-state index in [-0.39, 0.29) is 11.9 Å². The van der Waals surface area contributed by atoms with Crippen molar-refractivity contribution in [3.05, 3.63) is 89.7 Å². The number of benzene rings is 2. The monoisotopic (exact) mass is 375 g/mol. The van der Waals surface area contributed by atoms with Gasteiger partial charge in [0.15, 0.2) is 0 Å². The van der Waals surface area contributed by atoms with Crippen LogP contribution in [-0.4, -0.2) is 24.5 Å². The second kappa shape index (κ2) is 9.55. The lowest BCUT2D eigenvalue weighted by Gasteiger charge is -2.15. The van der Waals surface area contributed by atoms with Gasteiger partial charge in [-0.3, -0.25) is 4.79 Å². The Morgan fingerprint density at radius 1 is 1.04 bits per heavy atom. The zero-order valence-electron chi connectivity index (χ0n) is 16.2. The lowest BCUT2D eigenvalue weighted by Crippen LogP contribution is -2.26. The van der Waals surface area contributed by atoms with E-state index in [1.807, 2.05) is 48.5 Å². The Morgan fingerprint density at radius 3 is 2.50 bits per heavy atom. The topological polar surface area (TPSA) is 63.2 Å². The van der Waals surface area contributed by atoms with Gasteiger partial charge in [0.05, 0.1) is 19.0 Å². The minimum atomic E-state index is -0.183. The zero-order valence-corrected chi connectivity index (χ0v) is 16.2. The number of hydrogen-bond donors (Lipinski definition) is 2. The van der Waals surface area contributed by atoms with E-state index in [1.54, 1.807) is 19.4 Å². The summed E-state index contributed by atoms with van der Waals surface area (Å²) in [5, 5.41) is 6.30. The highest BCUT2D eigenvalue weighted by atomic mass is 16.5. The number of aromatic nitrogens is 1. The highest BCUT2D eigenvalue weighted by Gasteiger charge is 2.09. The average molecular weight is 375 g/mol. The number of methoxy groups -OCH3 is 1. The van der Waals surface area contributed by atoms with E-state index in [4.69, 9.17) is 4.74 Å². The van der Waals surface area contributed by atoms with Crippen LogP contribution in [0.4, 0.5) is 5.69 Å². The van der Waals surface area contributed by atoms with Gasteiger partial charge in [0, 0.05) is 12.6 Å². The molecule has 3 rings (SSSR count). The summed E-state index contributed by atoms with van der Waals surface area (Å²) in [6.45, 7) is 2.61. The Labute approximate surface area is 165 Å². The van der Waals surface area contributed by atoms with Crippen LogP contribution in [0.2, 0.25) is 0 Å². The first-order valence-electron chi connectivity index (χ1n) is 9.35. The van der Waals surface area contributed by atoms with Crippen LogP contribution in [0.1, 0.15) is 34.6 Å². The maximum Gasteiger partial charge on any atom is 0.269 e. The quantitative estimate of drug-likeness (QED) is 0.618. The molecule has 1 heterocycles. The number of carbonyl (C=O) groups is 1. The molecule has 144 valence electrons. The molecule has 0 spiro atoms. The fourth-order valence-electron chi connectivity index (χ4n) is 3.00. The molecule has 1 atom stereocenters. The molecule has 3 aromatic rings. The summed E-state index contributed by atoms with van der Waals surface area (Å²) in [6.07, 6.45) is 2.39. The van der Waals surface area contributed by atoms with Crippen molar-refractivity contribution in [2.45, 2.75) is 19.4 Å². The molecule has 1 aromatic heterocycles. The van der Waals surface area contributed by atoms with Gasteiger partial charge in [0.2, 0.25) is 0 Å². The van der Waals surface area contributed by atoms with Crippen molar-refractivity contribution >= 4 is 11.6 Å². The van der Waals surface area contributed by atoms with E-state index in [0.717, 1.165) is 17.0 Å². The van der Waals surface area contributed by atoms with Gasteiger partial charge in [-0.15, -0.1) is 0 Å². The van der Waals surface area contributed by atoms with Gasteiger partial charge < -0.3 is 15.4 Å². The highest BCUT2D eigenvalue weighted by molar-refractivity contribution is 5.92. The molecular weight excluding hydrogens is 350 g/mol. The third-order valence-corrected chi connectivity index (χ3v) is 4.55. The number of para-hydroxylation sites is 1. The molecular formula is C23H25N3O2. The van der Waals surface area contributed by atoms with Gasteiger partial charge in [0.1, 0.15) is 11.4 Å². The number of amides is 1. The maximum absolute atomic E-state index is 12.3. The maximum atomic E-state index is 12.3. The zero-order chi connectivity index (χ0) is 19.8. The van der Waals surface area contributed by atoms with Crippen LogP contribution in [0.3, 0.4) is 0 Å². The number of nitrogens with one attached hydrogen (secondary N) is 2. The van der Waals surface area contributed by atoms with E-state index in [0.29, 0.717) is 18.7 Å². The third kappa shape index (κ3) is 5.10. The minimum absolute atomic E-state index is 0.156. The van der Waals surface area contributed by atoms with Gasteiger partial charge >= 0.3 is 0 Å². The van der Waals surface area contributed by atoms with Crippen LogP contribution in [0.25, 0.3) is 0 Å². The Bertz CT molecular complexity index is 895. The molecule has 2 aromatic carbocycles. The summed E-state index contributed by atoms with van der Waals surface area (Å²) in [5.74, 6) is 0.649. The van der Waals surface area contributed by atoms with Crippen LogP contribution in [0, 0.1) is 0 Å². The van der Waals surface area contributed by atoms with Crippen molar-refractivity contribution in [1.29, 1.82) is 0 Å². The van der Waals surface area contributed by atoms with Crippen LogP contribution in [-0.2, 0) is 6.42 Å². The molecule has 0 aliphatic heterocycles. The number of hydrogen-bond acceptors (Lipinski definition) is 4. The van der Waals surface area contributed by atoms with E-state index < -0.39 is 0 Å². The first kappa shape index (κ1) is 19.4. The summed E-state index contributed by atoms with van der Waals surface area (Å²) >= 11 is 0. The molecule has 0 aliphatic carbocycles. The summed E-state index contributed by atoms with van der Waals surface area (Å²) in [4.78, 5) is 16.6. The molecule has 0 saturated carbocycles. The SMILES string of the molecule is COc1ccccc1CCNC(=O)c1ccc(NC(C)c2ccccc2)cn1. The van der Waals surface area contributed by atoms with Crippen molar-refractivity contribution in [3.8, 4) is 5.75 Å². The van der Waals surface area contributed by atoms with Crippen molar-refractivity contribution in [1.82, 2.24) is 10.3 Å². The largest absolute Gasteiger partial charge is 0.496 e. The predicted octanol–water partition coefficient (Wildman–Crippen LogP) is 4.24. The van der Waals surface area contributed by atoms with Gasteiger partial charge in [-0.2, -0.15) is 0 Å². The summed E-state index contributed by atoms with van der Waals surface area (Å²) < 4.78 is 5.33. The first-order valence-corrected chi connectivity index (χ1v) is 9.35. The lowest BCUT2D eigenvalue weighted by atomic mass is 10.1. The van der Waals surface area contributed by atoms with E-state index in [9.17, 15) is 4.79 Å². The second-order valence-corrected chi connectivity index (χ2v) is 6.53. The number of pyridine rings is 1. The van der Waals surface area contributed by atoms with E-state index in [2.05, 4.69) is 34.7 Å². The molecule has 0 saturated heterocycles. The number of ether oxygens (including phenoxy) is 1. The average Bonchev–Trinajstić information content (AvgIpc) is 2.75. The second-order valence-electron chi connectivity index (χ2n) is 6.53. The fraction of sp³-hybridized carbons (Fsp3) is 0.217. The Kier molecular flexibility index (Phi) is 6.63. The summed E-state index contributed by atoms with van der Waals surface area (Å²) in [7, 11) is 1.65. The highest BCUT2D eigenvalue weighted by Crippen LogP contribution is 2.19. The standard InChI is InChI=1S/C23H25N3O2/c1-17(18-8-4-3-5-9-18)26-20-12-13-21(25-16-20)23(27)24-15-14-19-10-6-7-11-22(19)28-2/h3-13,16-17,26H,14-15H2,1-2H3,(H,24,27). The molecule has 0 aliphatic rings. The first-order chi connectivity index (χ1) is 13.7. The van der Waals surface area contributed by atoms with Gasteiger partial charge in [-0.05, 0) is 42.7 Å². The van der Waals surface area contributed by atoms with Crippen molar-refractivity contribution < 1.29 is 9.53 Å². The Hall–Kier alpha value is -3.34. The van der Waals surface area contributed by atoms with Crippen molar-refractivity contribution in [2.75, 3.05) is 19.0 Å². The van der Waals surface area contributed by atoms with E-state index in [1.165, 1.54) is 5.56 Å². The number of anilines is 1. The molecule has 0 radical (unpaired) electrons. The van der Waals surface area contributed by atoms with Crippen LogP contribution in [0.15, 0.2) is 72.9 Å². The Balaban J connectivity index is 1.52. The molecule has 5 nitrogen and oxygen atoms in total. The van der Waals surface area contributed by atoms with Crippen molar-refractivity contribution in [2.24, 2.45) is 0 Å². The molecule has 0 fully saturated rings. The van der Waals surface area contributed by atoms with Gasteiger partial charge in [-0.1, -0.05) is 48.5 Å². The number of carbonyl (C=O) groups excluding carboxylic acids is 1. The third-order valence-electron chi connectivity index (χ3n) is 4.55.